The Morgan fingerprint density at radius 1 is 1.62 bits per heavy atom. The molecule has 0 aliphatic carbocycles. The van der Waals surface area contributed by atoms with Crippen LogP contribution in [0.2, 0.25) is 0 Å². The third kappa shape index (κ3) is 3.75. The van der Waals surface area contributed by atoms with E-state index < -0.39 is 0 Å². The molecule has 2 N–H and O–H groups in total. The predicted molar refractivity (Wildman–Crippen MR) is 37.6 cm³/mol. The lowest BCUT2D eigenvalue weighted by Gasteiger charge is -1.86. The van der Waals surface area contributed by atoms with E-state index in [9.17, 15) is 0 Å². The van der Waals surface area contributed by atoms with Gasteiger partial charge in [-0.25, -0.2) is 0 Å². The van der Waals surface area contributed by atoms with Gasteiger partial charge < -0.3 is 5.73 Å². The highest BCUT2D eigenvalue weighted by atomic mass is 35.5. The second kappa shape index (κ2) is 3.56. The smallest absolute Gasteiger partial charge is 0.0380 e. The lowest BCUT2D eigenvalue weighted by Crippen LogP contribution is -1.88. The minimum absolute atomic E-state index is 0.685. The number of hydrogen-bond acceptors (Lipinski definition) is 1. The molecule has 0 aromatic carbocycles. The van der Waals surface area contributed by atoms with Crippen LogP contribution in [0.25, 0.3) is 0 Å². The summed E-state index contributed by atoms with van der Waals surface area (Å²) in [6.07, 6.45) is 3.50. The summed E-state index contributed by atoms with van der Waals surface area (Å²) in [5, 5.41) is 0.685. The van der Waals surface area contributed by atoms with E-state index in [4.69, 9.17) is 17.3 Å². The van der Waals surface area contributed by atoms with Gasteiger partial charge in [0.25, 0.3) is 0 Å². The monoisotopic (exact) mass is 131 g/mol. The average Bonchev–Trinajstić information content (AvgIpc) is 1.65. The van der Waals surface area contributed by atoms with E-state index in [1.807, 2.05) is 6.92 Å². The average molecular weight is 132 g/mol. The first-order chi connectivity index (χ1) is 3.66. The largest absolute Gasteiger partial charge is 0.402 e. The number of rotatable bonds is 1. The maximum atomic E-state index is 5.56. The Bertz CT molecular complexity index is 120. The fourth-order valence-electron chi connectivity index (χ4n) is 0.301. The van der Waals surface area contributed by atoms with Crippen molar-refractivity contribution in [2.45, 2.75) is 13.8 Å². The van der Waals surface area contributed by atoms with Gasteiger partial charge in [-0.15, -0.1) is 0 Å². The third-order valence-electron chi connectivity index (χ3n) is 0.641. The summed E-state index contributed by atoms with van der Waals surface area (Å²) < 4.78 is 0. The lowest BCUT2D eigenvalue weighted by atomic mass is 10.4. The van der Waals surface area contributed by atoms with Crippen molar-refractivity contribution in [2.24, 2.45) is 5.73 Å². The molecule has 0 aromatic heterocycles. The second-order valence-electron chi connectivity index (χ2n) is 1.56. The summed E-state index contributed by atoms with van der Waals surface area (Å²) in [6.45, 7) is 3.66. The van der Waals surface area contributed by atoms with E-state index in [-0.39, 0.29) is 0 Å². The van der Waals surface area contributed by atoms with Crippen LogP contribution in [0.3, 0.4) is 0 Å². The minimum Gasteiger partial charge on any atom is -0.402 e. The highest BCUT2D eigenvalue weighted by Crippen LogP contribution is 2.02. The zero-order chi connectivity index (χ0) is 6.57. The van der Waals surface area contributed by atoms with Gasteiger partial charge >= 0.3 is 0 Å². The molecule has 0 aliphatic heterocycles. The normalized spacial score (nSPS) is 14.4. The third-order valence-corrected chi connectivity index (χ3v) is 0.969. The molecule has 0 aromatic rings. The molecule has 0 atom stereocenters. The highest BCUT2D eigenvalue weighted by Gasteiger charge is 1.80. The molecule has 0 bridgehead atoms. The zero-order valence-electron chi connectivity index (χ0n) is 5.11. The summed E-state index contributed by atoms with van der Waals surface area (Å²) >= 11 is 5.56. The van der Waals surface area contributed by atoms with Crippen LogP contribution < -0.4 is 5.73 Å². The first-order valence-electron chi connectivity index (χ1n) is 2.42. The first-order valence-corrected chi connectivity index (χ1v) is 2.80. The molecule has 0 unspecified atom stereocenters. The Kier molecular flexibility index (Phi) is 3.37. The van der Waals surface area contributed by atoms with E-state index in [0.29, 0.717) is 5.03 Å². The topological polar surface area (TPSA) is 26.0 Å². The molecule has 0 heterocycles. The Labute approximate surface area is 54.8 Å². The van der Waals surface area contributed by atoms with Crippen molar-refractivity contribution < 1.29 is 0 Å². The molecule has 0 spiro atoms. The summed E-state index contributed by atoms with van der Waals surface area (Å²) in [6, 6.07) is 0. The van der Waals surface area contributed by atoms with Gasteiger partial charge in [-0.3, -0.25) is 0 Å². The van der Waals surface area contributed by atoms with Gasteiger partial charge in [0.05, 0.1) is 0 Å². The van der Waals surface area contributed by atoms with Gasteiger partial charge in [0.15, 0.2) is 0 Å². The van der Waals surface area contributed by atoms with Crippen LogP contribution in [0.15, 0.2) is 22.9 Å². The molecule has 0 fully saturated rings. The van der Waals surface area contributed by atoms with E-state index >= 15 is 0 Å². The van der Waals surface area contributed by atoms with Crippen molar-refractivity contribution in [1.82, 2.24) is 0 Å². The van der Waals surface area contributed by atoms with Gasteiger partial charge in [0.1, 0.15) is 0 Å². The summed E-state index contributed by atoms with van der Waals surface area (Å²) in [7, 11) is 0. The molecule has 0 aliphatic rings. The number of allylic oxidation sites excluding steroid dienone is 4. The molecule has 0 rings (SSSR count). The molecule has 8 heavy (non-hydrogen) atoms. The minimum atomic E-state index is 0.685. The van der Waals surface area contributed by atoms with Crippen LogP contribution in [0.1, 0.15) is 13.8 Å². The quantitative estimate of drug-likeness (QED) is 0.542. The maximum Gasteiger partial charge on any atom is 0.0380 e. The number of halogens is 1. The number of nitrogens with two attached hydrogens (primary N) is 1. The van der Waals surface area contributed by atoms with Crippen LogP contribution in [-0.4, -0.2) is 0 Å². The molecule has 0 saturated heterocycles. The van der Waals surface area contributed by atoms with Crippen LogP contribution in [-0.2, 0) is 0 Å². The fourth-order valence-corrected chi connectivity index (χ4v) is 0.473. The SMILES string of the molecule is C/C=C(Cl)\C=C(/C)N. The molecule has 2 heteroatoms. The van der Waals surface area contributed by atoms with E-state index in [2.05, 4.69) is 0 Å². The summed E-state index contributed by atoms with van der Waals surface area (Å²) in [4.78, 5) is 0. The van der Waals surface area contributed by atoms with Crippen molar-refractivity contribution >= 4 is 11.6 Å². The van der Waals surface area contributed by atoms with Gasteiger partial charge in [0, 0.05) is 10.7 Å². The number of hydrogen-bond donors (Lipinski definition) is 1. The van der Waals surface area contributed by atoms with Gasteiger partial charge in [-0.2, -0.15) is 0 Å². The fraction of sp³-hybridized carbons (Fsp3) is 0.333. The molecule has 1 nitrogen and oxygen atoms in total. The van der Waals surface area contributed by atoms with Crippen molar-refractivity contribution in [3.63, 3.8) is 0 Å². The van der Waals surface area contributed by atoms with Crippen LogP contribution in [0.4, 0.5) is 0 Å². The van der Waals surface area contributed by atoms with Crippen LogP contribution in [0, 0.1) is 0 Å². The van der Waals surface area contributed by atoms with Gasteiger partial charge in [0.2, 0.25) is 0 Å². The molecule has 0 saturated carbocycles. The predicted octanol–water partition coefficient (Wildman–Crippen LogP) is 1.99. The Morgan fingerprint density at radius 3 is 2.25 bits per heavy atom. The van der Waals surface area contributed by atoms with Crippen molar-refractivity contribution in [1.29, 1.82) is 0 Å². The van der Waals surface area contributed by atoms with E-state index in [0.717, 1.165) is 5.70 Å². The molecular formula is C6H10ClN. The lowest BCUT2D eigenvalue weighted by molar-refractivity contribution is 1.31. The molecule has 46 valence electrons. The Morgan fingerprint density at radius 2 is 2.12 bits per heavy atom. The van der Waals surface area contributed by atoms with Crippen molar-refractivity contribution in [3.05, 3.63) is 22.9 Å². The first kappa shape index (κ1) is 7.57. The van der Waals surface area contributed by atoms with Crippen molar-refractivity contribution in [3.8, 4) is 0 Å². The summed E-state index contributed by atoms with van der Waals surface area (Å²) in [5.41, 5.74) is 6.03. The van der Waals surface area contributed by atoms with Crippen LogP contribution in [0.5, 0.6) is 0 Å². The second-order valence-corrected chi connectivity index (χ2v) is 2.00. The molecule has 0 radical (unpaired) electrons. The van der Waals surface area contributed by atoms with Gasteiger partial charge in [-0.1, -0.05) is 17.7 Å². The zero-order valence-corrected chi connectivity index (χ0v) is 5.87. The molecular weight excluding hydrogens is 122 g/mol. The molecule has 0 amide bonds. The van der Waals surface area contributed by atoms with Gasteiger partial charge in [-0.05, 0) is 19.9 Å². The Hall–Kier alpha value is -0.430. The van der Waals surface area contributed by atoms with Crippen molar-refractivity contribution in [2.75, 3.05) is 0 Å². The van der Waals surface area contributed by atoms with Crippen LogP contribution >= 0.6 is 11.6 Å². The standard InChI is InChI=1S/C6H10ClN/c1-3-6(7)4-5(2)8/h3-4H,8H2,1-2H3/b5-4+,6-3+. The van der Waals surface area contributed by atoms with E-state index in [1.165, 1.54) is 0 Å². The Balaban J connectivity index is 3.89. The highest BCUT2D eigenvalue weighted by molar-refractivity contribution is 6.31. The maximum absolute atomic E-state index is 5.56. The summed E-state index contributed by atoms with van der Waals surface area (Å²) in [5.74, 6) is 0. The van der Waals surface area contributed by atoms with E-state index in [1.54, 1.807) is 19.1 Å².